The molecule has 2 aromatic rings. The molecular formula is C15H14ClNOS. The van der Waals surface area contributed by atoms with Crippen LogP contribution in [0.2, 0.25) is 5.15 Å². The van der Waals surface area contributed by atoms with Crippen LogP contribution < -0.4 is 4.74 Å². The van der Waals surface area contributed by atoms with Crippen molar-refractivity contribution in [3.8, 4) is 5.75 Å². The van der Waals surface area contributed by atoms with Gasteiger partial charge >= 0.3 is 0 Å². The molecule has 0 saturated heterocycles. The summed E-state index contributed by atoms with van der Waals surface area (Å²) in [7, 11) is 0. The average molecular weight is 292 g/mol. The van der Waals surface area contributed by atoms with E-state index in [-0.39, 0.29) is 0 Å². The predicted octanol–water partition coefficient (Wildman–Crippen LogP) is 4.35. The second-order valence-electron chi connectivity index (χ2n) is 4.45. The van der Waals surface area contributed by atoms with E-state index in [1.807, 2.05) is 36.0 Å². The van der Waals surface area contributed by atoms with Gasteiger partial charge in [0.05, 0.1) is 10.6 Å². The van der Waals surface area contributed by atoms with Gasteiger partial charge in [-0.25, -0.2) is 4.98 Å². The Kier molecular flexibility index (Phi) is 3.95. The molecule has 1 aromatic heterocycles. The van der Waals surface area contributed by atoms with Crippen molar-refractivity contribution < 1.29 is 4.74 Å². The molecule has 0 aliphatic carbocycles. The van der Waals surface area contributed by atoms with Gasteiger partial charge in [-0.1, -0.05) is 41.9 Å². The Morgan fingerprint density at radius 2 is 2.11 bits per heavy atom. The first-order chi connectivity index (χ1) is 9.33. The smallest absolute Gasteiger partial charge is 0.138 e. The minimum absolute atomic E-state index is 0.518. The van der Waals surface area contributed by atoms with Gasteiger partial charge in [-0.05, 0) is 24.2 Å². The number of rotatable bonds is 3. The van der Waals surface area contributed by atoms with E-state index in [0.717, 1.165) is 40.5 Å². The standard InChI is InChI=1S/C15H14ClNOS/c16-14-9-13(15-12(17-14)7-4-8-19-15)18-10-11-5-2-1-3-6-11/h1-3,5-6,9H,4,7-8,10H2. The van der Waals surface area contributed by atoms with Gasteiger partial charge in [0.1, 0.15) is 17.5 Å². The van der Waals surface area contributed by atoms with Gasteiger partial charge in [0.25, 0.3) is 0 Å². The molecule has 4 heteroatoms. The van der Waals surface area contributed by atoms with E-state index in [1.165, 1.54) is 0 Å². The van der Waals surface area contributed by atoms with Gasteiger partial charge in [-0.15, -0.1) is 11.8 Å². The Hall–Kier alpha value is -1.19. The Balaban J connectivity index is 1.82. The van der Waals surface area contributed by atoms with E-state index in [0.29, 0.717) is 11.8 Å². The first-order valence-corrected chi connectivity index (χ1v) is 7.68. The van der Waals surface area contributed by atoms with E-state index < -0.39 is 0 Å². The number of aryl methyl sites for hydroxylation is 1. The number of benzene rings is 1. The van der Waals surface area contributed by atoms with E-state index in [9.17, 15) is 0 Å². The number of halogens is 1. The fourth-order valence-electron chi connectivity index (χ4n) is 2.11. The fraction of sp³-hybridized carbons (Fsp3) is 0.267. The number of pyridine rings is 1. The van der Waals surface area contributed by atoms with Gasteiger partial charge in [0.15, 0.2) is 0 Å². The molecule has 98 valence electrons. The second kappa shape index (κ2) is 5.85. The Bertz CT molecular complexity index is 574. The largest absolute Gasteiger partial charge is 0.488 e. The van der Waals surface area contributed by atoms with E-state index in [2.05, 4.69) is 17.1 Å². The second-order valence-corrected chi connectivity index (χ2v) is 5.94. The normalized spacial score (nSPS) is 13.9. The highest BCUT2D eigenvalue weighted by Crippen LogP contribution is 2.38. The highest BCUT2D eigenvalue weighted by Gasteiger charge is 2.17. The SMILES string of the molecule is Clc1cc(OCc2ccccc2)c2c(n1)CCCS2. The monoisotopic (exact) mass is 291 g/mol. The summed E-state index contributed by atoms with van der Waals surface area (Å²) in [5.74, 6) is 1.99. The Morgan fingerprint density at radius 3 is 2.95 bits per heavy atom. The fourth-order valence-corrected chi connectivity index (χ4v) is 3.38. The molecule has 1 aliphatic rings. The molecule has 0 saturated carbocycles. The lowest BCUT2D eigenvalue weighted by atomic mass is 10.2. The predicted molar refractivity (Wildman–Crippen MR) is 79.1 cm³/mol. The van der Waals surface area contributed by atoms with Crippen LogP contribution in [0.25, 0.3) is 0 Å². The molecule has 0 atom stereocenters. The molecule has 0 spiro atoms. The minimum Gasteiger partial charge on any atom is -0.488 e. The van der Waals surface area contributed by atoms with Crippen molar-refractivity contribution in [3.63, 3.8) is 0 Å². The van der Waals surface area contributed by atoms with Crippen molar-refractivity contribution in [2.24, 2.45) is 0 Å². The third-order valence-electron chi connectivity index (χ3n) is 3.02. The number of aromatic nitrogens is 1. The maximum Gasteiger partial charge on any atom is 0.138 e. The molecule has 0 radical (unpaired) electrons. The van der Waals surface area contributed by atoms with Crippen molar-refractivity contribution >= 4 is 23.4 Å². The van der Waals surface area contributed by atoms with Crippen LogP contribution in [0.5, 0.6) is 5.75 Å². The molecule has 1 aromatic carbocycles. The van der Waals surface area contributed by atoms with E-state index in [1.54, 1.807) is 0 Å². The summed E-state index contributed by atoms with van der Waals surface area (Å²) >= 11 is 7.88. The maximum absolute atomic E-state index is 6.06. The molecule has 0 N–H and O–H groups in total. The van der Waals surface area contributed by atoms with Crippen LogP contribution >= 0.6 is 23.4 Å². The lowest BCUT2D eigenvalue weighted by molar-refractivity contribution is 0.297. The third kappa shape index (κ3) is 3.04. The summed E-state index contributed by atoms with van der Waals surface area (Å²) in [6.45, 7) is 0.564. The molecule has 0 fully saturated rings. The molecule has 19 heavy (non-hydrogen) atoms. The number of fused-ring (bicyclic) bond motifs is 1. The number of hydrogen-bond donors (Lipinski definition) is 0. The highest BCUT2D eigenvalue weighted by atomic mass is 35.5. The summed E-state index contributed by atoms with van der Waals surface area (Å²) in [6.07, 6.45) is 2.15. The van der Waals surface area contributed by atoms with Crippen LogP contribution in [-0.4, -0.2) is 10.7 Å². The molecule has 1 aliphatic heterocycles. The summed E-state index contributed by atoms with van der Waals surface area (Å²) < 4.78 is 5.93. The molecule has 2 heterocycles. The zero-order chi connectivity index (χ0) is 13.1. The van der Waals surface area contributed by atoms with Gasteiger partial charge in [-0.3, -0.25) is 0 Å². The number of ether oxygens (including phenoxy) is 1. The average Bonchev–Trinajstić information content (AvgIpc) is 2.45. The van der Waals surface area contributed by atoms with E-state index >= 15 is 0 Å². The zero-order valence-corrected chi connectivity index (χ0v) is 12.0. The van der Waals surface area contributed by atoms with Gasteiger partial charge in [0.2, 0.25) is 0 Å². The van der Waals surface area contributed by atoms with Crippen LogP contribution in [0.15, 0.2) is 41.3 Å². The first kappa shape index (κ1) is 12.8. The lowest BCUT2D eigenvalue weighted by Gasteiger charge is -2.18. The van der Waals surface area contributed by atoms with Crippen LogP contribution in [0.3, 0.4) is 0 Å². The first-order valence-electron chi connectivity index (χ1n) is 6.32. The Morgan fingerprint density at radius 1 is 1.26 bits per heavy atom. The zero-order valence-electron chi connectivity index (χ0n) is 10.4. The molecular weight excluding hydrogens is 278 g/mol. The van der Waals surface area contributed by atoms with Crippen LogP contribution in [0, 0.1) is 0 Å². The van der Waals surface area contributed by atoms with Crippen molar-refractivity contribution in [2.75, 3.05) is 5.75 Å². The third-order valence-corrected chi connectivity index (χ3v) is 4.43. The lowest BCUT2D eigenvalue weighted by Crippen LogP contribution is -2.05. The van der Waals surface area contributed by atoms with Crippen molar-refractivity contribution in [1.82, 2.24) is 4.98 Å². The Labute approximate surface area is 122 Å². The molecule has 0 unspecified atom stereocenters. The number of thioether (sulfide) groups is 1. The van der Waals surface area contributed by atoms with Crippen LogP contribution in [0.4, 0.5) is 0 Å². The summed E-state index contributed by atoms with van der Waals surface area (Å²) in [5.41, 5.74) is 2.23. The molecule has 0 amide bonds. The maximum atomic E-state index is 6.06. The van der Waals surface area contributed by atoms with Crippen LogP contribution in [-0.2, 0) is 13.0 Å². The molecule has 0 bridgehead atoms. The molecule has 3 rings (SSSR count). The quantitative estimate of drug-likeness (QED) is 0.785. The highest BCUT2D eigenvalue weighted by molar-refractivity contribution is 7.99. The summed E-state index contributed by atoms with van der Waals surface area (Å²) in [6, 6.07) is 12.0. The van der Waals surface area contributed by atoms with Crippen molar-refractivity contribution in [3.05, 3.63) is 52.8 Å². The summed E-state index contributed by atoms with van der Waals surface area (Å²) in [4.78, 5) is 5.55. The number of hydrogen-bond acceptors (Lipinski definition) is 3. The van der Waals surface area contributed by atoms with Gasteiger partial charge in [0, 0.05) is 6.07 Å². The van der Waals surface area contributed by atoms with Crippen molar-refractivity contribution in [1.29, 1.82) is 0 Å². The van der Waals surface area contributed by atoms with Crippen molar-refractivity contribution in [2.45, 2.75) is 24.3 Å². The minimum atomic E-state index is 0.518. The number of nitrogens with zero attached hydrogens (tertiary/aromatic N) is 1. The van der Waals surface area contributed by atoms with Gasteiger partial charge in [-0.2, -0.15) is 0 Å². The van der Waals surface area contributed by atoms with Crippen LogP contribution in [0.1, 0.15) is 17.7 Å². The summed E-state index contributed by atoms with van der Waals surface area (Å²) in [5, 5.41) is 0.518. The topological polar surface area (TPSA) is 22.1 Å². The van der Waals surface area contributed by atoms with E-state index in [4.69, 9.17) is 16.3 Å². The molecule has 2 nitrogen and oxygen atoms in total. The van der Waals surface area contributed by atoms with Gasteiger partial charge < -0.3 is 4.74 Å².